The third kappa shape index (κ3) is 6.81. The minimum absolute atomic E-state index is 0.859. The summed E-state index contributed by atoms with van der Waals surface area (Å²) in [5.41, 5.74) is 24.0. The fourth-order valence-electron chi connectivity index (χ4n) is 15.4. The summed E-state index contributed by atoms with van der Waals surface area (Å²) in [5.74, 6) is 0. The van der Waals surface area contributed by atoms with Crippen molar-refractivity contribution in [1.29, 1.82) is 0 Å². The van der Waals surface area contributed by atoms with Crippen LogP contribution >= 0.6 is 0 Å². The summed E-state index contributed by atoms with van der Waals surface area (Å²) in [7, 11) is 0. The molecule has 0 aliphatic heterocycles. The Morgan fingerprint density at radius 3 is 1.13 bits per heavy atom. The summed E-state index contributed by atoms with van der Waals surface area (Å²) in [5, 5.41) is 14.2. The van der Waals surface area contributed by atoms with E-state index in [0.717, 1.165) is 94.6 Å². The molecule has 0 aliphatic rings. The van der Waals surface area contributed by atoms with Crippen LogP contribution in [-0.2, 0) is 0 Å². The molecular weight excluding hydrogens is 1100 g/mol. The lowest BCUT2D eigenvalue weighted by molar-refractivity contribution is 0.668. The Bertz CT molecular complexity index is 6260. The van der Waals surface area contributed by atoms with Gasteiger partial charge in [0.15, 0.2) is 11.2 Å². The quantitative estimate of drug-likeness (QED) is 0.144. The molecule has 6 nitrogen and oxygen atoms in total. The van der Waals surface area contributed by atoms with Gasteiger partial charge in [0.2, 0.25) is 0 Å². The molecule has 0 bridgehead atoms. The van der Waals surface area contributed by atoms with Crippen LogP contribution in [0, 0.1) is 0 Å². The average Bonchev–Trinajstić information content (AvgIpc) is 1.50. The molecule has 20 rings (SSSR count). The van der Waals surface area contributed by atoms with E-state index in [2.05, 4.69) is 310 Å². The number of para-hydroxylation sites is 8. The lowest BCUT2D eigenvalue weighted by atomic mass is 9.89. The zero-order valence-corrected chi connectivity index (χ0v) is 48.5. The number of hydrogen-bond donors (Lipinski definition) is 0. The van der Waals surface area contributed by atoms with Gasteiger partial charge in [0.1, 0.15) is 11.2 Å². The van der Waals surface area contributed by atoms with Crippen LogP contribution in [-0.4, -0.2) is 8.80 Å². The Morgan fingerprint density at radius 1 is 0.233 bits per heavy atom. The number of anilines is 6. The third-order valence-electron chi connectivity index (χ3n) is 19.1. The first-order valence-electron chi connectivity index (χ1n) is 30.8. The molecular formula is C84H50N4O2. The first-order chi connectivity index (χ1) is 44.7. The maximum absolute atomic E-state index is 6.76. The number of rotatable bonds is 9. The Balaban J connectivity index is 0.810. The van der Waals surface area contributed by atoms with Gasteiger partial charge in [-0.2, -0.15) is 0 Å². The number of aromatic nitrogens is 2. The minimum atomic E-state index is 0.859. The standard InChI is InChI=1S/C84H50N4O2/c1-5-21-52(22-6-1)75-78-66-36-18-32-62-68-50-58(86(56-27-11-4-12-28-56)72-38-20-34-64-60-30-14-16-40-74(60)90-84(64)72)46-48-70(68)88(80(62)66)82(78)76(53-23-7-2-8-24-53)77-65-35-17-31-61-67-49-54(43-47-69(67)87(79(61)65)81(75)77)51-41-44-57(45-42-51)85(55-25-9-3-10-26-55)71-37-19-33-63-59-29-13-15-39-73(59)89-83(63)71/h1-50H. The Kier molecular flexibility index (Phi) is 10.2. The molecule has 20 aromatic rings. The van der Waals surface area contributed by atoms with E-state index in [1.807, 2.05) is 12.1 Å². The molecule has 90 heavy (non-hydrogen) atoms. The van der Waals surface area contributed by atoms with E-state index in [1.54, 1.807) is 0 Å². The molecule has 418 valence electrons. The third-order valence-corrected chi connectivity index (χ3v) is 19.1. The molecule has 6 heteroatoms. The molecule has 0 saturated heterocycles. The van der Waals surface area contributed by atoms with Gasteiger partial charge >= 0.3 is 0 Å². The first kappa shape index (κ1) is 49.0. The predicted molar refractivity (Wildman–Crippen MR) is 376 cm³/mol. The smallest absolute Gasteiger partial charge is 0.159 e. The van der Waals surface area contributed by atoms with Crippen molar-refractivity contribution in [3.05, 3.63) is 303 Å². The Morgan fingerprint density at radius 2 is 0.611 bits per heavy atom. The summed E-state index contributed by atoms with van der Waals surface area (Å²) >= 11 is 0. The van der Waals surface area contributed by atoms with Gasteiger partial charge in [0, 0.05) is 98.5 Å². The van der Waals surface area contributed by atoms with Crippen LogP contribution in [0.3, 0.4) is 0 Å². The summed E-state index contributed by atoms with van der Waals surface area (Å²) < 4.78 is 18.6. The van der Waals surface area contributed by atoms with Crippen molar-refractivity contribution >= 4 is 154 Å². The highest BCUT2D eigenvalue weighted by Crippen LogP contribution is 2.55. The molecule has 0 amide bonds. The van der Waals surface area contributed by atoms with Crippen LogP contribution in [0.15, 0.2) is 312 Å². The fraction of sp³-hybridized carbons (Fsp3) is 0. The van der Waals surface area contributed by atoms with Crippen LogP contribution in [0.1, 0.15) is 0 Å². The van der Waals surface area contributed by atoms with Crippen LogP contribution in [0.5, 0.6) is 0 Å². The van der Waals surface area contributed by atoms with E-state index in [4.69, 9.17) is 8.83 Å². The molecule has 6 heterocycles. The van der Waals surface area contributed by atoms with Crippen LogP contribution < -0.4 is 9.80 Å². The number of fused-ring (bicyclic) bond motifs is 18. The largest absolute Gasteiger partial charge is 0.454 e. The summed E-state index contributed by atoms with van der Waals surface area (Å²) in [4.78, 5) is 4.67. The lowest BCUT2D eigenvalue weighted by Gasteiger charge is -2.25. The Hall–Kier alpha value is -12.1. The lowest BCUT2D eigenvalue weighted by Crippen LogP contribution is -2.10. The predicted octanol–water partition coefficient (Wildman–Crippen LogP) is 23.7. The first-order valence-corrected chi connectivity index (χ1v) is 30.8. The van der Waals surface area contributed by atoms with Crippen molar-refractivity contribution in [2.75, 3.05) is 9.80 Å². The van der Waals surface area contributed by atoms with Crippen LogP contribution in [0.25, 0.3) is 153 Å². The van der Waals surface area contributed by atoms with E-state index in [1.165, 1.54) is 92.9 Å². The second-order valence-electron chi connectivity index (χ2n) is 23.8. The highest BCUT2D eigenvalue weighted by atomic mass is 16.3. The minimum Gasteiger partial charge on any atom is -0.454 e. The highest BCUT2D eigenvalue weighted by molar-refractivity contribution is 6.38. The maximum atomic E-state index is 6.76. The van der Waals surface area contributed by atoms with Gasteiger partial charge in [-0.3, -0.25) is 0 Å². The van der Waals surface area contributed by atoms with Gasteiger partial charge in [0.25, 0.3) is 0 Å². The molecule has 0 unspecified atom stereocenters. The molecule has 0 atom stereocenters. The normalized spacial score (nSPS) is 12.2. The highest BCUT2D eigenvalue weighted by Gasteiger charge is 2.32. The van der Waals surface area contributed by atoms with Gasteiger partial charge in [-0.05, 0) is 113 Å². The molecule has 14 aromatic carbocycles. The fourth-order valence-corrected chi connectivity index (χ4v) is 15.4. The van der Waals surface area contributed by atoms with E-state index >= 15 is 0 Å². The van der Waals surface area contributed by atoms with Crippen molar-refractivity contribution in [3.63, 3.8) is 0 Å². The van der Waals surface area contributed by atoms with Crippen molar-refractivity contribution in [2.24, 2.45) is 0 Å². The molecule has 0 radical (unpaired) electrons. The van der Waals surface area contributed by atoms with Crippen molar-refractivity contribution in [1.82, 2.24) is 8.80 Å². The zero-order valence-electron chi connectivity index (χ0n) is 48.5. The monoisotopic (exact) mass is 1150 g/mol. The van der Waals surface area contributed by atoms with Crippen molar-refractivity contribution in [3.8, 4) is 33.4 Å². The number of nitrogens with zero attached hydrogens (tertiary/aromatic N) is 4. The summed E-state index contributed by atoms with van der Waals surface area (Å²) in [6.07, 6.45) is 0. The van der Waals surface area contributed by atoms with E-state index < -0.39 is 0 Å². The Labute approximate surface area is 515 Å². The van der Waals surface area contributed by atoms with Gasteiger partial charge in [-0.15, -0.1) is 0 Å². The number of furan rings is 2. The van der Waals surface area contributed by atoms with Crippen LogP contribution in [0.4, 0.5) is 34.1 Å². The van der Waals surface area contributed by atoms with Gasteiger partial charge < -0.3 is 27.4 Å². The maximum Gasteiger partial charge on any atom is 0.159 e. The molecule has 0 aliphatic carbocycles. The average molecular weight is 1150 g/mol. The molecule has 6 aromatic heterocycles. The van der Waals surface area contributed by atoms with Crippen molar-refractivity contribution in [2.45, 2.75) is 0 Å². The summed E-state index contributed by atoms with van der Waals surface area (Å²) in [6, 6.07) is 110. The molecule has 0 N–H and O–H groups in total. The van der Waals surface area contributed by atoms with Gasteiger partial charge in [-0.25, -0.2) is 0 Å². The second-order valence-corrected chi connectivity index (χ2v) is 23.8. The SMILES string of the molecule is c1ccc(-c2c3c4cccc5c6cc(-c7ccc(N(c8ccccc8)c8cccc9c8oc8ccccc89)cc7)ccc6n(c3c(-c3ccccc3)c3c6cccc7c8cc(N(c9ccccc9)c9cccc%10c9oc9ccccc9%10)ccc8n(c23)c76)c54)cc1. The van der Waals surface area contributed by atoms with E-state index in [0.29, 0.717) is 0 Å². The zero-order chi connectivity index (χ0) is 58.7. The second kappa shape index (κ2) is 18.7. The molecule has 0 saturated carbocycles. The number of benzene rings is 14. The van der Waals surface area contributed by atoms with Crippen LogP contribution in [0.2, 0.25) is 0 Å². The van der Waals surface area contributed by atoms with E-state index in [9.17, 15) is 0 Å². The van der Waals surface area contributed by atoms with Gasteiger partial charge in [-0.1, -0.05) is 212 Å². The van der Waals surface area contributed by atoms with Crippen molar-refractivity contribution < 1.29 is 8.83 Å². The molecule has 0 spiro atoms. The number of hydrogen-bond acceptors (Lipinski definition) is 4. The van der Waals surface area contributed by atoms with E-state index in [-0.39, 0.29) is 0 Å². The molecule has 0 fully saturated rings. The summed E-state index contributed by atoms with van der Waals surface area (Å²) in [6.45, 7) is 0. The topological polar surface area (TPSA) is 41.6 Å². The van der Waals surface area contributed by atoms with Gasteiger partial charge in [0.05, 0.1) is 44.5 Å².